The Morgan fingerprint density at radius 1 is 0.893 bits per heavy atom. The largest absolute Gasteiger partial charge is 0.321 e. The second-order valence-electron chi connectivity index (χ2n) is 6.62. The summed E-state index contributed by atoms with van der Waals surface area (Å²) in [5.74, 6) is -0.586. The van der Waals surface area contributed by atoms with Crippen molar-refractivity contribution in [3.05, 3.63) is 89.2 Å². The van der Waals surface area contributed by atoms with Crippen LogP contribution >= 0.6 is 0 Å². The third-order valence-corrected chi connectivity index (χ3v) is 4.31. The molecule has 1 aromatic heterocycles. The zero-order chi connectivity index (χ0) is 20.1. The third-order valence-electron chi connectivity index (χ3n) is 4.31. The molecular formula is C23H23N3O2. The Kier molecular flexibility index (Phi) is 5.84. The smallest absolute Gasteiger partial charge is 0.276 e. The van der Waals surface area contributed by atoms with E-state index in [-0.39, 0.29) is 23.2 Å². The fourth-order valence-electron chi connectivity index (χ4n) is 3.11. The molecule has 0 spiro atoms. The maximum Gasteiger partial charge on any atom is 0.276 e. The lowest BCUT2D eigenvalue weighted by atomic mass is 10.1. The molecule has 5 heteroatoms. The number of aryl methyl sites for hydroxylation is 2. The van der Waals surface area contributed by atoms with Crippen LogP contribution in [0.4, 0.5) is 11.4 Å². The van der Waals surface area contributed by atoms with E-state index in [1.54, 1.807) is 23.1 Å². The summed E-state index contributed by atoms with van der Waals surface area (Å²) < 4.78 is 0. The van der Waals surface area contributed by atoms with Crippen LogP contribution in [0.3, 0.4) is 0 Å². The van der Waals surface area contributed by atoms with Crippen LogP contribution in [0.2, 0.25) is 0 Å². The van der Waals surface area contributed by atoms with Gasteiger partial charge in [0.25, 0.3) is 11.8 Å². The number of rotatable bonds is 5. The highest BCUT2D eigenvalue weighted by molar-refractivity contribution is 6.07. The minimum absolute atomic E-state index is 0.203. The topological polar surface area (TPSA) is 62.3 Å². The molecule has 5 nitrogen and oxygen atoms in total. The molecule has 0 atom stereocenters. The summed E-state index contributed by atoms with van der Waals surface area (Å²) in [5, 5.41) is 2.85. The number of pyridine rings is 1. The van der Waals surface area contributed by atoms with E-state index in [0.29, 0.717) is 12.2 Å². The highest BCUT2D eigenvalue weighted by atomic mass is 16.2. The zero-order valence-electron chi connectivity index (χ0n) is 16.3. The van der Waals surface area contributed by atoms with E-state index < -0.39 is 0 Å². The van der Waals surface area contributed by atoms with Crippen molar-refractivity contribution in [1.82, 2.24) is 4.98 Å². The van der Waals surface area contributed by atoms with E-state index in [2.05, 4.69) is 10.3 Å². The zero-order valence-corrected chi connectivity index (χ0v) is 16.3. The number of hydrogen-bond donors (Lipinski definition) is 1. The first kappa shape index (κ1) is 19.3. The van der Waals surface area contributed by atoms with Gasteiger partial charge in [-0.1, -0.05) is 30.3 Å². The first-order valence-corrected chi connectivity index (χ1v) is 9.21. The molecule has 0 fully saturated rings. The average Bonchev–Trinajstić information content (AvgIpc) is 2.68. The van der Waals surface area contributed by atoms with Crippen molar-refractivity contribution in [3.8, 4) is 0 Å². The number of para-hydroxylation sites is 1. The summed E-state index contributed by atoms with van der Waals surface area (Å²) >= 11 is 0. The fourth-order valence-corrected chi connectivity index (χ4v) is 3.11. The van der Waals surface area contributed by atoms with Gasteiger partial charge in [-0.25, -0.2) is 4.98 Å². The molecule has 3 rings (SSSR count). The third kappa shape index (κ3) is 4.43. The maximum atomic E-state index is 12.9. The highest BCUT2D eigenvalue weighted by Crippen LogP contribution is 2.17. The molecule has 0 radical (unpaired) electrons. The number of benzene rings is 2. The predicted octanol–water partition coefficient (Wildman–Crippen LogP) is 4.62. The van der Waals surface area contributed by atoms with Crippen LogP contribution < -0.4 is 10.2 Å². The number of nitrogens with zero attached hydrogens (tertiary/aromatic N) is 2. The van der Waals surface area contributed by atoms with Gasteiger partial charge in [-0.15, -0.1) is 0 Å². The number of nitrogens with one attached hydrogen (secondary N) is 1. The Morgan fingerprint density at radius 3 is 2.18 bits per heavy atom. The molecule has 3 aromatic rings. The van der Waals surface area contributed by atoms with Crippen LogP contribution in [-0.4, -0.2) is 23.3 Å². The van der Waals surface area contributed by atoms with Crippen LogP contribution in [-0.2, 0) is 0 Å². The van der Waals surface area contributed by atoms with E-state index in [1.807, 2.05) is 69.3 Å². The predicted molar refractivity (Wildman–Crippen MR) is 112 cm³/mol. The van der Waals surface area contributed by atoms with E-state index >= 15 is 0 Å². The molecule has 142 valence electrons. The van der Waals surface area contributed by atoms with E-state index in [1.165, 1.54) is 0 Å². The fraction of sp³-hybridized carbons (Fsp3) is 0.174. The van der Waals surface area contributed by atoms with Crippen molar-refractivity contribution >= 4 is 23.2 Å². The van der Waals surface area contributed by atoms with Crippen LogP contribution in [0.5, 0.6) is 0 Å². The molecule has 0 aliphatic heterocycles. The molecule has 28 heavy (non-hydrogen) atoms. The Balaban J connectivity index is 1.83. The number of hydrogen-bond acceptors (Lipinski definition) is 3. The van der Waals surface area contributed by atoms with Gasteiger partial charge in [0.2, 0.25) is 0 Å². The van der Waals surface area contributed by atoms with Crippen LogP contribution in [0.15, 0.2) is 66.7 Å². The summed E-state index contributed by atoms with van der Waals surface area (Å²) in [5.41, 5.74) is 4.07. The van der Waals surface area contributed by atoms with Gasteiger partial charge < -0.3 is 10.2 Å². The number of carbonyl (C=O) groups excluding carboxylic acids is 2. The summed E-state index contributed by atoms with van der Waals surface area (Å²) in [6.07, 6.45) is 0. The molecule has 0 unspecified atom stereocenters. The minimum Gasteiger partial charge on any atom is -0.321 e. The Bertz CT molecular complexity index is 979. The Hall–Kier alpha value is -3.47. The molecule has 1 N–H and O–H groups in total. The first-order chi connectivity index (χ1) is 13.5. The molecule has 0 aliphatic carbocycles. The van der Waals surface area contributed by atoms with Crippen molar-refractivity contribution < 1.29 is 9.59 Å². The summed E-state index contributed by atoms with van der Waals surface area (Å²) in [6.45, 7) is 6.36. The number of carbonyl (C=O) groups is 2. The molecule has 0 saturated carbocycles. The Labute approximate surface area is 165 Å². The van der Waals surface area contributed by atoms with Gasteiger partial charge in [-0.3, -0.25) is 9.59 Å². The molecular weight excluding hydrogens is 350 g/mol. The summed E-state index contributed by atoms with van der Waals surface area (Å²) in [4.78, 5) is 31.5. The molecule has 1 heterocycles. The lowest BCUT2D eigenvalue weighted by Gasteiger charge is -2.20. The Morgan fingerprint density at radius 2 is 1.54 bits per heavy atom. The minimum atomic E-state index is -0.345. The van der Waals surface area contributed by atoms with Crippen molar-refractivity contribution in [2.45, 2.75) is 20.8 Å². The lowest BCUT2D eigenvalue weighted by Crippen LogP contribution is -2.31. The molecule has 2 amide bonds. The summed E-state index contributed by atoms with van der Waals surface area (Å²) in [6, 6.07) is 20.1. The summed E-state index contributed by atoms with van der Waals surface area (Å²) in [7, 11) is 0. The standard InChI is InChI=1S/C23H23N3O2/c1-4-26(19-9-6-5-7-10-19)23(28)21-12-8-11-20(25-21)22(27)24-18-14-16(2)13-17(3)15-18/h5-15H,4H2,1-3H3,(H,24,27). The molecule has 0 bridgehead atoms. The van der Waals surface area contributed by atoms with Gasteiger partial charge in [0.05, 0.1) is 0 Å². The molecule has 2 aromatic carbocycles. The molecule has 0 saturated heterocycles. The SMILES string of the molecule is CCN(C(=O)c1cccc(C(=O)Nc2cc(C)cc(C)c2)n1)c1ccccc1. The molecule has 0 aliphatic rings. The van der Waals surface area contributed by atoms with Crippen molar-refractivity contribution in [2.75, 3.05) is 16.8 Å². The van der Waals surface area contributed by atoms with Gasteiger partial charge >= 0.3 is 0 Å². The number of amides is 2. The quantitative estimate of drug-likeness (QED) is 0.710. The van der Waals surface area contributed by atoms with Crippen LogP contribution in [0, 0.1) is 13.8 Å². The lowest BCUT2D eigenvalue weighted by molar-refractivity contribution is 0.0983. The number of aromatic nitrogens is 1. The first-order valence-electron chi connectivity index (χ1n) is 9.21. The van der Waals surface area contributed by atoms with Crippen LogP contribution in [0.25, 0.3) is 0 Å². The van der Waals surface area contributed by atoms with E-state index in [4.69, 9.17) is 0 Å². The monoisotopic (exact) mass is 373 g/mol. The van der Waals surface area contributed by atoms with Gasteiger partial charge in [0.15, 0.2) is 0 Å². The highest BCUT2D eigenvalue weighted by Gasteiger charge is 2.19. The van der Waals surface area contributed by atoms with Gasteiger partial charge in [0.1, 0.15) is 11.4 Å². The van der Waals surface area contributed by atoms with Crippen LogP contribution in [0.1, 0.15) is 39.0 Å². The number of anilines is 2. The second-order valence-corrected chi connectivity index (χ2v) is 6.62. The van der Waals surface area contributed by atoms with E-state index in [9.17, 15) is 9.59 Å². The van der Waals surface area contributed by atoms with Crippen molar-refractivity contribution in [2.24, 2.45) is 0 Å². The van der Waals surface area contributed by atoms with Crippen molar-refractivity contribution in [3.63, 3.8) is 0 Å². The second kappa shape index (κ2) is 8.48. The normalized spacial score (nSPS) is 10.4. The van der Waals surface area contributed by atoms with Crippen molar-refractivity contribution in [1.29, 1.82) is 0 Å². The van der Waals surface area contributed by atoms with Gasteiger partial charge in [-0.2, -0.15) is 0 Å². The maximum absolute atomic E-state index is 12.9. The average molecular weight is 373 g/mol. The van der Waals surface area contributed by atoms with Gasteiger partial charge in [-0.05, 0) is 68.3 Å². The van der Waals surface area contributed by atoms with Gasteiger partial charge in [0, 0.05) is 17.9 Å². The van der Waals surface area contributed by atoms with E-state index in [0.717, 1.165) is 16.8 Å².